The van der Waals surface area contributed by atoms with Gasteiger partial charge in [-0.3, -0.25) is 0 Å². The normalized spacial score (nSPS) is 15.1. The molecule has 2 aromatic carbocycles. The fourth-order valence-corrected chi connectivity index (χ4v) is 4.43. The van der Waals surface area contributed by atoms with Crippen LogP contribution in [0.15, 0.2) is 53.4 Å². The molecule has 132 valence electrons. The number of sulfonamides is 1. The molecule has 0 amide bonds. The van der Waals surface area contributed by atoms with Crippen molar-refractivity contribution in [3.8, 4) is 11.5 Å². The van der Waals surface area contributed by atoms with Gasteiger partial charge in [0.25, 0.3) is 0 Å². The fraction of sp³-hybridized carbons (Fsp3) is 0.278. The second-order valence-electron chi connectivity index (χ2n) is 5.68. The van der Waals surface area contributed by atoms with E-state index in [2.05, 4.69) is 0 Å². The van der Waals surface area contributed by atoms with Gasteiger partial charge in [-0.1, -0.05) is 18.2 Å². The van der Waals surface area contributed by atoms with Crippen LogP contribution >= 0.6 is 0 Å². The molecule has 0 spiro atoms. The van der Waals surface area contributed by atoms with E-state index in [1.807, 2.05) is 6.07 Å². The van der Waals surface area contributed by atoms with Crippen LogP contribution in [-0.4, -0.2) is 38.9 Å². The van der Waals surface area contributed by atoms with Gasteiger partial charge in [0.2, 0.25) is 10.0 Å². The molecule has 0 bridgehead atoms. The van der Waals surface area contributed by atoms with Crippen LogP contribution in [0.3, 0.4) is 0 Å². The van der Waals surface area contributed by atoms with Crippen molar-refractivity contribution < 1.29 is 22.7 Å². The second kappa shape index (κ2) is 7.25. The van der Waals surface area contributed by atoms with Gasteiger partial charge in [0, 0.05) is 13.1 Å². The molecule has 1 fully saturated rings. The average molecular weight is 361 g/mol. The SMILES string of the molecule is COc1ccc(C(=O)Oc2ccccc2)cc1S(=O)(=O)N1CCCC1. The summed E-state index contributed by atoms with van der Waals surface area (Å²) in [4.78, 5) is 12.3. The Morgan fingerprint density at radius 1 is 1.04 bits per heavy atom. The van der Waals surface area contributed by atoms with Crippen molar-refractivity contribution in [1.82, 2.24) is 4.31 Å². The topological polar surface area (TPSA) is 72.9 Å². The maximum Gasteiger partial charge on any atom is 0.343 e. The summed E-state index contributed by atoms with van der Waals surface area (Å²) in [6.45, 7) is 0.953. The van der Waals surface area contributed by atoms with Crippen molar-refractivity contribution in [1.29, 1.82) is 0 Å². The summed E-state index contributed by atoms with van der Waals surface area (Å²) in [6.07, 6.45) is 1.66. The van der Waals surface area contributed by atoms with E-state index < -0.39 is 16.0 Å². The number of hydrogen-bond donors (Lipinski definition) is 0. The summed E-state index contributed by atoms with van der Waals surface area (Å²) >= 11 is 0. The van der Waals surface area contributed by atoms with Crippen LogP contribution in [0, 0.1) is 0 Å². The molecule has 1 aliphatic heterocycles. The van der Waals surface area contributed by atoms with Crippen molar-refractivity contribution in [3.05, 3.63) is 54.1 Å². The first-order valence-electron chi connectivity index (χ1n) is 7.98. The van der Waals surface area contributed by atoms with Crippen molar-refractivity contribution in [2.24, 2.45) is 0 Å². The minimum absolute atomic E-state index is 0.0144. The van der Waals surface area contributed by atoms with Gasteiger partial charge < -0.3 is 9.47 Å². The molecular weight excluding hydrogens is 342 g/mol. The zero-order chi connectivity index (χ0) is 17.9. The molecule has 25 heavy (non-hydrogen) atoms. The van der Waals surface area contributed by atoms with Crippen LogP contribution in [-0.2, 0) is 10.0 Å². The summed E-state index contributed by atoms with van der Waals surface area (Å²) in [6, 6.07) is 12.9. The molecule has 3 rings (SSSR count). The van der Waals surface area contributed by atoms with Crippen molar-refractivity contribution in [3.63, 3.8) is 0 Å². The summed E-state index contributed by atoms with van der Waals surface area (Å²) in [7, 11) is -2.31. The predicted molar refractivity (Wildman–Crippen MR) is 92.4 cm³/mol. The summed E-state index contributed by atoms with van der Waals surface area (Å²) < 4.78 is 37.6. The lowest BCUT2D eigenvalue weighted by atomic mass is 10.2. The average Bonchev–Trinajstić information content (AvgIpc) is 3.17. The molecule has 7 heteroatoms. The smallest absolute Gasteiger partial charge is 0.343 e. The van der Waals surface area contributed by atoms with E-state index in [0.717, 1.165) is 12.8 Å². The van der Waals surface area contributed by atoms with E-state index in [-0.39, 0.29) is 16.2 Å². The highest BCUT2D eigenvalue weighted by molar-refractivity contribution is 7.89. The second-order valence-corrected chi connectivity index (χ2v) is 7.59. The van der Waals surface area contributed by atoms with Gasteiger partial charge in [-0.2, -0.15) is 4.31 Å². The highest BCUT2D eigenvalue weighted by atomic mass is 32.2. The summed E-state index contributed by atoms with van der Waals surface area (Å²) in [5.41, 5.74) is 0.155. The number of carbonyl (C=O) groups excluding carboxylic acids is 1. The zero-order valence-electron chi connectivity index (χ0n) is 13.8. The molecular formula is C18H19NO5S. The lowest BCUT2D eigenvalue weighted by Crippen LogP contribution is -2.28. The Morgan fingerprint density at radius 2 is 1.72 bits per heavy atom. The minimum Gasteiger partial charge on any atom is -0.495 e. The third-order valence-electron chi connectivity index (χ3n) is 4.04. The largest absolute Gasteiger partial charge is 0.495 e. The maximum atomic E-state index is 12.8. The van der Waals surface area contributed by atoms with Gasteiger partial charge in [-0.25, -0.2) is 13.2 Å². The van der Waals surface area contributed by atoms with E-state index >= 15 is 0 Å². The lowest BCUT2D eigenvalue weighted by molar-refractivity contribution is 0.0734. The van der Waals surface area contributed by atoms with E-state index in [4.69, 9.17) is 9.47 Å². The van der Waals surface area contributed by atoms with Gasteiger partial charge in [0.15, 0.2) is 0 Å². The van der Waals surface area contributed by atoms with Crippen LogP contribution < -0.4 is 9.47 Å². The molecule has 0 atom stereocenters. The van der Waals surface area contributed by atoms with Crippen LogP contribution in [0.5, 0.6) is 11.5 Å². The highest BCUT2D eigenvalue weighted by Crippen LogP contribution is 2.30. The molecule has 0 saturated carbocycles. The van der Waals surface area contributed by atoms with Crippen LogP contribution in [0.2, 0.25) is 0 Å². The van der Waals surface area contributed by atoms with Crippen molar-refractivity contribution in [2.45, 2.75) is 17.7 Å². The Balaban J connectivity index is 1.93. The molecule has 0 aromatic heterocycles. The van der Waals surface area contributed by atoms with Crippen LogP contribution in [0.1, 0.15) is 23.2 Å². The fourth-order valence-electron chi connectivity index (χ4n) is 2.73. The lowest BCUT2D eigenvalue weighted by Gasteiger charge is -2.18. The Kier molecular flexibility index (Phi) is 5.06. The van der Waals surface area contributed by atoms with Gasteiger partial charge in [-0.15, -0.1) is 0 Å². The number of rotatable bonds is 5. The van der Waals surface area contributed by atoms with Gasteiger partial charge in [0.1, 0.15) is 16.4 Å². The highest BCUT2D eigenvalue weighted by Gasteiger charge is 2.30. The minimum atomic E-state index is -3.71. The number of para-hydroxylation sites is 1. The summed E-state index contributed by atoms with van der Waals surface area (Å²) in [5, 5.41) is 0. The van der Waals surface area contributed by atoms with E-state index in [9.17, 15) is 13.2 Å². The molecule has 1 saturated heterocycles. The molecule has 0 N–H and O–H groups in total. The number of methoxy groups -OCH3 is 1. The number of carbonyl (C=O) groups is 1. The molecule has 0 radical (unpaired) electrons. The zero-order valence-corrected chi connectivity index (χ0v) is 14.7. The Labute approximate surface area is 147 Å². The maximum absolute atomic E-state index is 12.8. The van der Waals surface area contributed by atoms with E-state index in [1.165, 1.54) is 29.6 Å². The van der Waals surface area contributed by atoms with Crippen LogP contribution in [0.4, 0.5) is 0 Å². The monoisotopic (exact) mass is 361 g/mol. The molecule has 0 aliphatic carbocycles. The molecule has 1 aliphatic rings. The molecule has 6 nitrogen and oxygen atoms in total. The first-order valence-corrected chi connectivity index (χ1v) is 9.42. The Bertz CT molecular complexity index is 858. The molecule has 2 aromatic rings. The quantitative estimate of drug-likeness (QED) is 0.605. The first-order chi connectivity index (χ1) is 12.0. The number of esters is 1. The molecule has 0 unspecified atom stereocenters. The van der Waals surface area contributed by atoms with Gasteiger partial charge in [-0.05, 0) is 43.2 Å². The third-order valence-corrected chi connectivity index (χ3v) is 5.96. The van der Waals surface area contributed by atoms with Gasteiger partial charge >= 0.3 is 5.97 Å². The van der Waals surface area contributed by atoms with Crippen LogP contribution in [0.25, 0.3) is 0 Å². The number of benzene rings is 2. The Morgan fingerprint density at radius 3 is 2.36 bits per heavy atom. The third kappa shape index (κ3) is 3.67. The van der Waals surface area contributed by atoms with Gasteiger partial charge in [0.05, 0.1) is 12.7 Å². The van der Waals surface area contributed by atoms with E-state index in [0.29, 0.717) is 18.8 Å². The number of ether oxygens (including phenoxy) is 2. The van der Waals surface area contributed by atoms with Crippen molar-refractivity contribution >= 4 is 16.0 Å². The number of nitrogens with zero attached hydrogens (tertiary/aromatic N) is 1. The number of hydrogen-bond acceptors (Lipinski definition) is 5. The first kappa shape index (κ1) is 17.4. The molecule has 1 heterocycles. The standard InChI is InChI=1S/C18H19NO5S/c1-23-16-10-9-14(18(20)24-15-7-3-2-4-8-15)13-17(16)25(21,22)19-11-5-6-12-19/h2-4,7-10,13H,5-6,11-12H2,1H3. The van der Waals surface area contributed by atoms with E-state index in [1.54, 1.807) is 24.3 Å². The predicted octanol–water partition coefficient (Wildman–Crippen LogP) is 2.70. The van der Waals surface area contributed by atoms with Crippen molar-refractivity contribution in [2.75, 3.05) is 20.2 Å². The summed E-state index contributed by atoms with van der Waals surface area (Å²) in [5.74, 6) is -0.0119. The Hall–Kier alpha value is -2.38.